The van der Waals surface area contributed by atoms with E-state index in [0.717, 1.165) is 68.1 Å². The van der Waals surface area contributed by atoms with Crippen LogP contribution in [0.25, 0.3) is 6.08 Å². The summed E-state index contributed by atoms with van der Waals surface area (Å²) < 4.78 is 11.7. The summed E-state index contributed by atoms with van der Waals surface area (Å²) in [7, 11) is 1.84. The summed E-state index contributed by atoms with van der Waals surface area (Å²) in [5, 5.41) is 13.6. The smallest absolute Gasteiger partial charge is 0.244 e. The lowest BCUT2D eigenvalue weighted by atomic mass is 9.55. The molecule has 5 rings (SSSR count). The fourth-order valence-corrected chi connectivity index (χ4v) is 6.32. The lowest BCUT2D eigenvalue weighted by Gasteiger charge is -2.60. The quantitative estimate of drug-likeness (QED) is 0.594. The number of carbonyl (C=O) groups is 1. The second kappa shape index (κ2) is 9.23. The number of likely N-dealkylation sites (tertiary alicyclic amines) is 1. The SMILES string of the molecule is CO[C@]12CC[C@H](NC(=O)C=Cc3ccoc3C)C[C@]1(c1cccc(O)c1)CCN(CC1CC1)C2. The van der Waals surface area contributed by atoms with Crippen molar-refractivity contribution in [3.05, 3.63) is 59.6 Å². The van der Waals surface area contributed by atoms with Gasteiger partial charge in [0.15, 0.2) is 0 Å². The Morgan fingerprint density at radius 1 is 1.29 bits per heavy atom. The van der Waals surface area contributed by atoms with Gasteiger partial charge in [0.1, 0.15) is 11.5 Å². The number of hydrogen-bond acceptors (Lipinski definition) is 5. The molecule has 6 heteroatoms. The van der Waals surface area contributed by atoms with Crippen molar-refractivity contribution in [1.29, 1.82) is 0 Å². The van der Waals surface area contributed by atoms with Crippen molar-refractivity contribution in [2.45, 2.75) is 62.5 Å². The molecule has 1 aromatic heterocycles. The van der Waals surface area contributed by atoms with Crippen LogP contribution in [-0.4, -0.2) is 54.3 Å². The molecule has 2 heterocycles. The van der Waals surface area contributed by atoms with Crippen LogP contribution < -0.4 is 5.32 Å². The van der Waals surface area contributed by atoms with Gasteiger partial charge in [0, 0.05) is 43.3 Å². The molecule has 0 bridgehead atoms. The minimum atomic E-state index is -0.334. The average molecular weight is 465 g/mol. The summed E-state index contributed by atoms with van der Waals surface area (Å²) in [5.74, 6) is 1.82. The van der Waals surface area contributed by atoms with Crippen LogP contribution >= 0.6 is 0 Å². The van der Waals surface area contributed by atoms with Crippen molar-refractivity contribution in [1.82, 2.24) is 10.2 Å². The normalized spacial score (nSPS) is 29.8. The number of benzene rings is 1. The van der Waals surface area contributed by atoms with E-state index < -0.39 is 0 Å². The molecule has 3 atom stereocenters. The van der Waals surface area contributed by atoms with Crippen molar-refractivity contribution in [3.8, 4) is 5.75 Å². The number of furan rings is 1. The van der Waals surface area contributed by atoms with Crippen LogP contribution in [0.2, 0.25) is 0 Å². The van der Waals surface area contributed by atoms with E-state index in [9.17, 15) is 9.90 Å². The van der Waals surface area contributed by atoms with Crippen molar-refractivity contribution in [2.24, 2.45) is 5.92 Å². The molecule has 34 heavy (non-hydrogen) atoms. The maximum atomic E-state index is 12.8. The molecular formula is C28H36N2O4. The first kappa shape index (κ1) is 23.2. The van der Waals surface area contributed by atoms with Crippen LogP contribution in [0.1, 0.15) is 55.4 Å². The number of nitrogens with zero attached hydrogens (tertiary/aromatic N) is 1. The van der Waals surface area contributed by atoms with Gasteiger partial charge in [0.25, 0.3) is 0 Å². The largest absolute Gasteiger partial charge is 0.508 e. The van der Waals surface area contributed by atoms with Crippen LogP contribution in [0.15, 0.2) is 47.1 Å². The number of nitrogens with one attached hydrogen (secondary N) is 1. The Hall–Kier alpha value is -2.57. The standard InChI is InChI=1S/C28H36N2O4/c1-20-22(11-15-34-20)8-9-26(32)29-24-10-12-28(33-2)19-30(18-21-6-7-21)14-13-27(28,17-24)23-4-3-5-25(31)16-23/h3-5,8-9,11,15-16,21,24,31H,6-7,10,12-14,17-19H2,1-2H3,(H,29,32)/t24-,27-,28-/m0/s1. The maximum Gasteiger partial charge on any atom is 0.244 e. The topological polar surface area (TPSA) is 74.9 Å². The van der Waals surface area contributed by atoms with Gasteiger partial charge in [0.2, 0.25) is 5.91 Å². The molecular weight excluding hydrogens is 428 g/mol. The molecule has 1 aromatic carbocycles. The predicted octanol–water partition coefficient (Wildman–Crippen LogP) is 4.41. The molecule has 3 fully saturated rings. The molecule has 2 N–H and O–H groups in total. The van der Waals surface area contributed by atoms with E-state index in [1.54, 1.807) is 24.5 Å². The number of piperidine rings is 1. The molecule has 182 valence electrons. The minimum Gasteiger partial charge on any atom is -0.508 e. The second-order valence-electron chi connectivity index (χ2n) is 10.5. The molecule has 3 aliphatic rings. The minimum absolute atomic E-state index is 0.0446. The third kappa shape index (κ3) is 4.41. The van der Waals surface area contributed by atoms with E-state index in [1.165, 1.54) is 12.8 Å². The lowest BCUT2D eigenvalue weighted by molar-refractivity contribution is -0.150. The molecule has 2 aliphatic carbocycles. The van der Waals surface area contributed by atoms with Gasteiger partial charge in [-0.2, -0.15) is 0 Å². The van der Waals surface area contributed by atoms with Gasteiger partial charge in [0.05, 0.1) is 11.9 Å². The highest BCUT2D eigenvalue weighted by molar-refractivity contribution is 5.92. The number of amides is 1. The predicted molar refractivity (Wildman–Crippen MR) is 132 cm³/mol. The maximum absolute atomic E-state index is 12.8. The molecule has 2 aromatic rings. The van der Waals surface area contributed by atoms with Gasteiger partial charge < -0.3 is 24.5 Å². The summed E-state index contributed by atoms with van der Waals surface area (Å²) in [6.07, 6.45) is 11.2. The molecule has 1 amide bonds. The Bertz CT molecular complexity index is 1060. The van der Waals surface area contributed by atoms with Crippen molar-refractivity contribution in [3.63, 3.8) is 0 Å². The number of rotatable bonds is 7. The fraction of sp³-hybridized carbons (Fsp3) is 0.536. The molecule has 1 aliphatic heterocycles. The lowest BCUT2D eigenvalue weighted by Crippen LogP contribution is -2.68. The van der Waals surface area contributed by atoms with Crippen molar-refractivity contribution < 1.29 is 19.1 Å². The number of hydrogen-bond donors (Lipinski definition) is 2. The van der Waals surface area contributed by atoms with E-state index in [1.807, 2.05) is 32.2 Å². The highest BCUT2D eigenvalue weighted by Gasteiger charge is 2.59. The number of ether oxygens (including phenoxy) is 1. The fourth-order valence-electron chi connectivity index (χ4n) is 6.32. The zero-order valence-corrected chi connectivity index (χ0v) is 20.3. The summed E-state index contributed by atoms with van der Waals surface area (Å²) in [4.78, 5) is 15.4. The van der Waals surface area contributed by atoms with Crippen LogP contribution in [-0.2, 0) is 14.9 Å². The second-order valence-corrected chi connectivity index (χ2v) is 10.5. The van der Waals surface area contributed by atoms with E-state index in [-0.39, 0.29) is 28.7 Å². The van der Waals surface area contributed by atoms with E-state index >= 15 is 0 Å². The van der Waals surface area contributed by atoms with Gasteiger partial charge in [-0.15, -0.1) is 0 Å². The number of methoxy groups -OCH3 is 1. The number of carbonyl (C=O) groups excluding carboxylic acids is 1. The first-order valence-corrected chi connectivity index (χ1v) is 12.5. The molecule has 0 radical (unpaired) electrons. The highest BCUT2D eigenvalue weighted by atomic mass is 16.5. The summed E-state index contributed by atoms with van der Waals surface area (Å²) >= 11 is 0. The number of aryl methyl sites for hydroxylation is 1. The number of fused-ring (bicyclic) bond motifs is 1. The zero-order chi connectivity index (χ0) is 23.8. The molecule has 6 nitrogen and oxygen atoms in total. The van der Waals surface area contributed by atoms with E-state index in [2.05, 4.69) is 16.3 Å². The van der Waals surface area contributed by atoms with Crippen molar-refractivity contribution in [2.75, 3.05) is 26.7 Å². The molecule has 2 saturated carbocycles. The van der Waals surface area contributed by atoms with Crippen LogP contribution in [0, 0.1) is 12.8 Å². The van der Waals surface area contributed by atoms with E-state index in [0.29, 0.717) is 0 Å². The third-order valence-electron chi connectivity index (χ3n) is 8.36. The third-order valence-corrected chi connectivity index (χ3v) is 8.36. The van der Waals surface area contributed by atoms with Gasteiger partial charge in [-0.25, -0.2) is 0 Å². The first-order chi connectivity index (χ1) is 16.4. The monoisotopic (exact) mass is 464 g/mol. The van der Waals surface area contributed by atoms with E-state index in [4.69, 9.17) is 9.15 Å². The number of aromatic hydroxyl groups is 1. The molecule has 1 saturated heterocycles. The average Bonchev–Trinajstić information content (AvgIpc) is 3.55. The van der Waals surface area contributed by atoms with Crippen molar-refractivity contribution >= 4 is 12.0 Å². The van der Waals surface area contributed by atoms with Gasteiger partial charge in [-0.3, -0.25) is 4.79 Å². The Labute approximate surface area is 202 Å². The summed E-state index contributed by atoms with van der Waals surface area (Å²) in [6, 6.07) is 9.57. The number of phenols is 1. The zero-order valence-electron chi connectivity index (χ0n) is 20.3. The summed E-state index contributed by atoms with van der Waals surface area (Å²) in [6.45, 7) is 4.95. The Morgan fingerprint density at radius 3 is 2.85 bits per heavy atom. The molecule has 0 unspecified atom stereocenters. The van der Waals surface area contributed by atoms with Gasteiger partial charge in [-0.1, -0.05) is 12.1 Å². The van der Waals surface area contributed by atoms with Crippen LogP contribution in [0.4, 0.5) is 0 Å². The van der Waals surface area contributed by atoms with Crippen LogP contribution in [0.3, 0.4) is 0 Å². The number of phenolic OH excluding ortho intramolecular Hbond substituents is 1. The first-order valence-electron chi connectivity index (χ1n) is 12.5. The summed E-state index contributed by atoms with van der Waals surface area (Å²) in [5.41, 5.74) is 1.43. The van der Waals surface area contributed by atoms with Crippen LogP contribution in [0.5, 0.6) is 5.75 Å². The Balaban J connectivity index is 1.39. The van der Waals surface area contributed by atoms with Gasteiger partial charge >= 0.3 is 0 Å². The Kier molecular flexibility index (Phi) is 6.30. The molecule has 0 spiro atoms. The highest BCUT2D eigenvalue weighted by Crippen LogP contribution is 2.54. The Morgan fingerprint density at radius 2 is 2.15 bits per heavy atom. The van der Waals surface area contributed by atoms with Gasteiger partial charge in [-0.05, 0) is 87.7 Å².